The number of aliphatic hydroxyl groups excluding tert-OH is 1. The largest absolute Gasteiger partial charge is 0.396 e. The van der Waals surface area contributed by atoms with Gasteiger partial charge in [-0.1, -0.05) is 36.8 Å². The Bertz CT molecular complexity index is 612. The van der Waals surface area contributed by atoms with Gasteiger partial charge < -0.3 is 10.8 Å². The average molecular weight is 328 g/mol. The Kier molecular flexibility index (Phi) is 5.32. The molecule has 1 saturated carbocycles. The third-order valence-corrected chi connectivity index (χ3v) is 5.99. The lowest BCUT2D eigenvalue weighted by molar-refractivity contribution is 0.198. The summed E-state index contributed by atoms with van der Waals surface area (Å²) >= 11 is 4.96. The first kappa shape index (κ1) is 16.4. The van der Waals surface area contributed by atoms with E-state index in [1.165, 1.54) is 10.4 Å². The molecule has 0 saturated heterocycles. The predicted octanol–water partition coefficient (Wildman–Crippen LogP) is 1.25. The van der Waals surface area contributed by atoms with Crippen molar-refractivity contribution in [3.8, 4) is 0 Å². The summed E-state index contributed by atoms with van der Waals surface area (Å²) in [7, 11) is -3.65. The highest BCUT2D eigenvalue weighted by molar-refractivity contribution is 7.89. The Morgan fingerprint density at radius 1 is 1.38 bits per heavy atom. The van der Waals surface area contributed by atoms with Crippen LogP contribution in [0, 0.1) is 0 Å². The lowest BCUT2D eigenvalue weighted by Gasteiger charge is -2.36. The van der Waals surface area contributed by atoms with Crippen LogP contribution in [0.1, 0.15) is 31.2 Å². The van der Waals surface area contributed by atoms with Gasteiger partial charge in [0.25, 0.3) is 0 Å². The lowest BCUT2D eigenvalue weighted by Crippen LogP contribution is -2.45. The highest BCUT2D eigenvalue weighted by Crippen LogP contribution is 2.31. The summed E-state index contributed by atoms with van der Waals surface area (Å²) in [6.45, 7) is 0.283. The van der Waals surface area contributed by atoms with Crippen molar-refractivity contribution < 1.29 is 13.5 Å². The number of benzene rings is 1. The first-order valence-electron chi connectivity index (χ1n) is 7.00. The highest BCUT2D eigenvalue weighted by Gasteiger charge is 2.35. The minimum Gasteiger partial charge on any atom is -0.396 e. The number of aliphatic hydroxyl groups is 1. The number of sulfonamides is 1. The number of rotatable bonds is 7. The number of hydrogen-bond acceptors (Lipinski definition) is 4. The van der Waals surface area contributed by atoms with E-state index in [0.717, 1.165) is 19.3 Å². The normalized spacial score (nSPS) is 15.9. The van der Waals surface area contributed by atoms with E-state index in [-0.39, 0.29) is 22.5 Å². The van der Waals surface area contributed by atoms with Crippen LogP contribution >= 0.6 is 12.2 Å². The Morgan fingerprint density at radius 2 is 2.05 bits per heavy atom. The minimum atomic E-state index is -3.65. The fourth-order valence-electron chi connectivity index (χ4n) is 2.42. The van der Waals surface area contributed by atoms with Crippen LogP contribution in [-0.4, -0.2) is 42.0 Å². The molecule has 1 aromatic rings. The van der Waals surface area contributed by atoms with Gasteiger partial charge in [-0.3, -0.25) is 0 Å². The molecule has 2 rings (SSSR count). The van der Waals surface area contributed by atoms with E-state index in [9.17, 15) is 8.42 Å². The smallest absolute Gasteiger partial charge is 0.244 e. The van der Waals surface area contributed by atoms with Crippen LogP contribution in [0.2, 0.25) is 0 Å². The van der Waals surface area contributed by atoms with Crippen LogP contribution in [0.25, 0.3) is 0 Å². The second-order valence-electron chi connectivity index (χ2n) is 5.14. The van der Waals surface area contributed by atoms with Gasteiger partial charge in [-0.05, 0) is 25.3 Å². The summed E-state index contributed by atoms with van der Waals surface area (Å²) in [5, 5.41) is 9.00. The van der Waals surface area contributed by atoms with E-state index in [1.54, 1.807) is 18.2 Å². The Morgan fingerprint density at radius 3 is 2.57 bits per heavy atom. The number of nitrogens with two attached hydrogens (primary N) is 1. The van der Waals surface area contributed by atoms with Gasteiger partial charge in [0.15, 0.2) is 0 Å². The summed E-state index contributed by atoms with van der Waals surface area (Å²) in [6.07, 6.45) is 3.18. The molecule has 0 radical (unpaired) electrons. The fourth-order valence-corrected chi connectivity index (χ4v) is 4.60. The zero-order valence-electron chi connectivity index (χ0n) is 11.7. The molecule has 0 aromatic heterocycles. The number of nitrogens with zero attached hydrogens (tertiary/aromatic N) is 1. The van der Waals surface area contributed by atoms with Crippen LogP contribution in [0.3, 0.4) is 0 Å². The molecule has 1 aliphatic carbocycles. The molecule has 1 aromatic carbocycles. The summed E-state index contributed by atoms with van der Waals surface area (Å²) in [6, 6.07) is 6.56. The Labute approximate surface area is 130 Å². The van der Waals surface area contributed by atoms with E-state index >= 15 is 0 Å². The summed E-state index contributed by atoms with van der Waals surface area (Å²) < 4.78 is 27.3. The topological polar surface area (TPSA) is 83.6 Å². The molecule has 1 aliphatic rings. The first-order chi connectivity index (χ1) is 9.98. The fraction of sp³-hybridized carbons (Fsp3) is 0.500. The molecule has 5 nitrogen and oxygen atoms in total. The van der Waals surface area contributed by atoms with Gasteiger partial charge in [-0.25, -0.2) is 8.42 Å². The maximum Gasteiger partial charge on any atom is 0.244 e. The third kappa shape index (κ3) is 3.42. The number of thiocarbonyl (C=S) groups is 1. The molecule has 0 atom stereocenters. The van der Waals surface area contributed by atoms with Crippen molar-refractivity contribution in [2.24, 2.45) is 5.73 Å². The van der Waals surface area contributed by atoms with Crippen molar-refractivity contribution in [2.75, 3.05) is 13.2 Å². The molecule has 21 heavy (non-hydrogen) atoms. The van der Waals surface area contributed by atoms with E-state index in [4.69, 9.17) is 23.1 Å². The van der Waals surface area contributed by atoms with Gasteiger partial charge >= 0.3 is 0 Å². The van der Waals surface area contributed by atoms with Gasteiger partial charge in [-0.2, -0.15) is 4.31 Å². The molecule has 0 spiro atoms. The van der Waals surface area contributed by atoms with Gasteiger partial charge in [0, 0.05) is 24.8 Å². The molecule has 0 unspecified atom stereocenters. The maximum absolute atomic E-state index is 12.9. The standard InChI is InChI=1S/C14H20N2O3S2/c15-14(20)12-7-1-2-8-13(12)21(18,19)16(9-4-10-17)11-5-3-6-11/h1-2,7-8,11,17H,3-6,9-10H2,(H2,15,20). The molecule has 1 fully saturated rings. The van der Waals surface area contributed by atoms with Gasteiger partial charge in [-0.15, -0.1) is 0 Å². The number of hydrogen-bond donors (Lipinski definition) is 2. The van der Waals surface area contributed by atoms with E-state index < -0.39 is 10.0 Å². The predicted molar refractivity (Wildman–Crippen MR) is 85.6 cm³/mol. The van der Waals surface area contributed by atoms with E-state index in [0.29, 0.717) is 18.5 Å². The quantitative estimate of drug-likeness (QED) is 0.736. The molecule has 0 heterocycles. The van der Waals surface area contributed by atoms with E-state index in [1.807, 2.05) is 0 Å². The average Bonchev–Trinajstić information content (AvgIpc) is 2.41. The van der Waals surface area contributed by atoms with Crippen LogP contribution in [0.4, 0.5) is 0 Å². The van der Waals surface area contributed by atoms with Gasteiger partial charge in [0.1, 0.15) is 4.99 Å². The van der Waals surface area contributed by atoms with Crippen LogP contribution in [0.5, 0.6) is 0 Å². The molecule has 0 bridgehead atoms. The van der Waals surface area contributed by atoms with Crippen molar-refractivity contribution in [3.05, 3.63) is 29.8 Å². The molecular weight excluding hydrogens is 308 g/mol. The van der Waals surface area contributed by atoms with Crippen LogP contribution in [0.15, 0.2) is 29.2 Å². The zero-order chi connectivity index (χ0) is 15.5. The monoisotopic (exact) mass is 328 g/mol. The molecule has 3 N–H and O–H groups in total. The van der Waals surface area contributed by atoms with Gasteiger partial charge in [0.2, 0.25) is 10.0 Å². The SMILES string of the molecule is NC(=S)c1ccccc1S(=O)(=O)N(CCCO)C1CCC1. The molecule has 0 amide bonds. The molecule has 0 aliphatic heterocycles. The van der Waals surface area contributed by atoms with Crippen molar-refractivity contribution in [3.63, 3.8) is 0 Å². The van der Waals surface area contributed by atoms with E-state index in [2.05, 4.69) is 0 Å². The summed E-state index contributed by atoms with van der Waals surface area (Å²) in [5.74, 6) is 0. The van der Waals surface area contributed by atoms with Crippen molar-refractivity contribution in [1.29, 1.82) is 0 Å². The van der Waals surface area contributed by atoms with Crippen LogP contribution in [-0.2, 0) is 10.0 Å². The van der Waals surface area contributed by atoms with Crippen molar-refractivity contribution >= 4 is 27.2 Å². The zero-order valence-corrected chi connectivity index (χ0v) is 13.4. The Hall–Kier alpha value is -1.02. The first-order valence-corrected chi connectivity index (χ1v) is 8.85. The Balaban J connectivity index is 2.40. The second-order valence-corrected chi connectivity index (χ2v) is 7.44. The summed E-state index contributed by atoms with van der Waals surface area (Å²) in [4.78, 5) is 0.229. The highest BCUT2D eigenvalue weighted by atomic mass is 32.2. The van der Waals surface area contributed by atoms with Crippen molar-refractivity contribution in [2.45, 2.75) is 36.6 Å². The third-order valence-electron chi connectivity index (χ3n) is 3.76. The lowest BCUT2D eigenvalue weighted by atomic mass is 9.93. The molecule has 116 valence electrons. The van der Waals surface area contributed by atoms with Crippen LogP contribution < -0.4 is 5.73 Å². The summed E-state index contributed by atoms with van der Waals surface area (Å²) in [5.41, 5.74) is 6.02. The maximum atomic E-state index is 12.9. The molecule has 7 heteroatoms. The van der Waals surface area contributed by atoms with Gasteiger partial charge in [0.05, 0.1) is 4.90 Å². The molecular formula is C14H20N2O3S2. The van der Waals surface area contributed by atoms with Crippen molar-refractivity contribution in [1.82, 2.24) is 4.31 Å². The minimum absolute atomic E-state index is 0.0148. The second kappa shape index (κ2) is 6.83.